The molecule has 24 N–H and O–H groups in total. The number of rotatable bonds is 56. The molecule has 7 saturated heterocycles. The largest absolute Gasteiger partial charge is 0.394 e. The van der Waals surface area contributed by atoms with Gasteiger partial charge in [-0.1, -0.05) is 193 Å². The van der Waals surface area contributed by atoms with Crippen LogP contribution < -0.4 is 10.6 Å². The fourth-order valence-electron chi connectivity index (χ4n) is 16.5. The molecule has 0 aromatic carbocycles. The van der Waals surface area contributed by atoms with Crippen LogP contribution in [0.25, 0.3) is 0 Å². The monoisotopic (exact) mass is 1770 g/mol. The van der Waals surface area contributed by atoms with Gasteiger partial charge in [-0.25, -0.2) is 0 Å². The second-order valence-corrected chi connectivity index (χ2v) is 33.4. The summed E-state index contributed by atoms with van der Waals surface area (Å²) in [7, 11) is 0. The summed E-state index contributed by atoms with van der Waals surface area (Å²) >= 11 is 0. The van der Waals surface area contributed by atoms with E-state index in [2.05, 4.69) is 24.5 Å². The van der Waals surface area contributed by atoms with Crippen LogP contribution in [-0.2, 0) is 75.9 Å². The van der Waals surface area contributed by atoms with Crippen LogP contribution in [0.3, 0.4) is 0 Å². The van der Waals surface area contributed by atoms with Crippen molar-refractivity contribution in [2.24, 2.45) is 0 Å². The third kappa shape index (κ3) is 30.9. The number of nitrogens with one attached hydrogen (secondary N) is 2. The van der Waals surface area contributed by atoms with Gasteiger partial charge in [-0.2, -0.15) is 0 Å². The Bertz CT molecular complexity index is 2840. The van der Waals surface area contributed by atoms with Crippen LogP contribution >= 0.6 is 0 Å². The van der Waals surface area contributed by atoms with Gasteiger partial charge in [-0.15, -0.1) is 0 Å². The molecule has 122 heavy (non-hydrogen) atoms. The molecule has 0 bridgehead atoms. The van der Waals surface area contributed by atoms with Crippen LogP contribution in [0.2, 0.25) is 0 Å². The summed E-state index contributed by atoms with van der Waals surface area (Å²) in [4.78, 5) is 25.7. The van der Waals surface area contributed by atoms with Crippen LogP contribution in [0.15, 0.2) is 12.2 Å². The molecule has 37 atom stereocenters. The van der Waals surface area contributed by atoms with Crippen molar-refractivity contribution in [2.45, 2.75) is 440 Å². The molecule has 714 valence electrons. The van der Waals surface area contributed by atoms with Crippen molar-refractivity contribution in [3.63, 3.8) is 0 Å². The van der Waals surface area contributed by atoms with Gasteiger partial charge in [0.2, 0.25) is 11.8 Å². The molecule has 0 aliphatic carbocycles. The first-order valence-electron chi connectivity index (χ1n) is 44.5. The summed E-state index contributed by atoms with van der Waals surface area (Å²) < 4.78 is 81.4. The summed E-state index contributed by atoms with van der Waals surface area (Å²) in [6.07, 6.45) is -32.4. The first kappa shape index (κ1) is 106. The van der Waals surface area contributed by atoms with Crippen molar-refractivity contribution < 1.29 is 188 Å². The van der Waals surface area contributed by atoms with Crippen molar-refractivity contribution in [2.75, 3.05) is 52.9 Å². The lowest BCUT2D eigenvalue weighted by atomic mass is 9.94. The van der Waals surface area contributed by atoms with Gasteiger partial charge in [-0.3, -0.25) is 9.59 Å². The SMILES string of the molecule is CCCCCCCCCCCCC/C=C/[C@@H](O)[C@H](CO[C@@H]1OC(CO)[C@@H](O[C@@H]2OC(CO)[C@H](O[C@@H]3OC(CO)[C@H](O)[C@H](O[C@H]4OC(CO)[C@H](O)[C@H](O[C@H]5OC(CO)[C@H](O)[C@H](O[C@H]6OC(CO)[C@H](O)[C@H](O[C@@H]7OC(CO)[C@H](O)[C@H](O)C7NC(C)=O)C6O)C5O)C4O)C3O)[C@H](O)C2O)[C@H](O)C1O)NC(=O)CCCCCCCCCCCCCCCCCCC. The highest BCUT2D eigenvalue weighted by Gasteiger charge is 2.59. The summed E-state index contributed by atoms with van der Waals surface area (Å²) in [6, 6.07) is -2.69. The maximum Gasteiger partial charge on any atom is 0.220 e. The fourth-order valence-corrected chi connectivity index (χ4v) is 16.5. The summed E-state index contributed by atoms with van der Waals surface area (Å²) in [6.45, 7) is -2.18. The van der Waals surface area contributed by atoms with E-state index >= 15 is 0 Å². The molecule has 0 saturated carbocycles. The smallest absolute Gasteiger partial charge is 0.220 e. The van der Waals surface area contributed by atoms with Crippen LogP contribution in [0, 0.1) is 0 Å². The minimum absolute atomic E-state index is 0.172. The molecule has 40 heteroatoms. The zero-order chi connectivity index (χ0) is 89.1. The van der Waals surface area contributed by atoms with Crippen LogP contribution in [0.5, 0.6) is 0 Å². The Morgan fingerprint density at radius 2 is 0.598 bits per heavy atom. The molecule has 0 spiro atoms. The van der Waals surface area contributed by atoms with E-state index in [1.165, 1.54) is 122 Å². The molecule has 7 aliphatic rings. The van der Waals surface area contributed by atoms with E-state index in [0.717, 1.165) is 58.3 Å². The predicted molar refractivity (Wildman–Crippen MR) is 424 cm³/mol. The number of allylic oxidation sites excluding steroid dienone is 1. The number of aliphatic hydroxyl groups is 22. The van der Waals surface area contributed by atoms with Gasteiger partial charge in [0, 0.05) is 13.3 Å². The molecule has 7 heterocycles. The normalized spacial score (nSPS) is 39.0. The van der Waals surface area contributed by atoms with Crippen LogP contribution in [0.1, 0.15) is 213 Å². The highest BCUT2D eigenvalue weighted by atomic mass is 16.8. The molecule has 7 aliphatic heterocycles. The molecular formula is C82H148N2O38. The van der Waals surface area contributed by atoms with E-state index in [4.69, 9.17) is 66.3 Å². The molecule has 14 unspecified atom stereocenters. The van der Waals surface area contributed by atoms with Gasteiger partial charge in [0.25, 0.3) is 0 Å². The summed E-state index contributed by atoms with van der Waals surface area (Å²) in [5.41, 5.74) is 0. The van der Waals surface area contributed by atoms with E-state index in [1.54, 1.807) is 6.08 Å². The number of hydrogen-bond acceptors (Lipinski definition) is 38. The molecule has 0 aromatic heterocycles. The zero-order valence-corrected chi connectivity index (χ0v) is 70.8. The fraction of sp³-hybridized carbons (Fsp3) is 0.951. The molecule has 7 rings (SSSR count). The first-order chi connectivity index (χ1) is 58.7. The maximum absolute atomic E-state index is 13.5. The van der Waals surface area contributed by atoms with Crippen molar-refractivity contribution in [3.8, 4) is 0 Å². The Morgan fingerprint density at radius 1 is 0.320 bits per heavy atom. The van der Waals surface area contributed by atoms with Gasteiger partial charge in [0.1, 0.15) is 171 Å². The van der Waals surface area contributed by atoms with E-state index in [1.807, 2.05) is 6.08 Å². The van der Waals surface area contributed by atoms with E-state index < -0.39 is 286 Å². The van der Waals surface area contributed by atoms with E-state index in [-0.39, 0.29) is 12.3 Å². The van der Waals surface area contributed by atoms with Crippen molar-refractivity contribution >= 4 is 11.8 Å². The second-order valence-electron chi connectivity index (χ2n) is 33.4. The Balaban J connectivity index is 0.948. The topological polar surface area (TPSA) is 632 Å². The number of carbonyl (C=O) groups excluding carboxylic acids is 2. The Labute approximate surface area is 713 Å². The number of hydrogen-bond donors (Lipinski definition) is 24. The lowest BCUT2D eigenvalue weighted by Crippen LogP contribution is -2.69. The Kier molecular flexibility index (Phi) is 48.9. The molecule has 2 amide bonds. The van der Waals surface area contributed by atoms with Gasteiger partial charge in [0.05, 0.1) is 65.0 Å². The lowest BCUT2D eigenvalue weighted by molar-refractivity contribution is -0.399. The highest BCUT2D eigenvalue weighted by molar-refractivity contribution is 5.76. The summed E-state index contributed by atoms with van der Waals surface area (Å²) in [5.74, 6) is -1.12. The van der Waals surface area contributed by atoms with E-state index in [9.17, 15) is 122 Å². The Morgan fingerprint density at radius 3 is 0.943 bits per heavy atom. The van der Waals surface area contributed by atoms with Crippen molar-refractivity contribution in [3.05, 3.63) is 12.2 Å². The molecule has 0 aromatic rings. The molecule has 0 radical (unpaired) electrons. The minimum atomic E-state index is -2.35. The third-order valence-electron chi connectivity index (χ3n) is 23.9. The molecular weight excluding hydrogens is 1620 g/mol. The number of unbranched alkanes of at least 4 members (excludes halogenated alkanes) is 27. The van der Waals surface area contributed by atoms with Gasteiger partial charge >= 0.3 is 0 Å². The van der Waals surface area contributed by atoms with Crippen LogP contribution in [-0.4, -0.2) is 404 Å². The maximum atomic E-state index is 13.5. The number of amides is 2. The molecule has 7 fully saturated rings. The second kappa shape index (κ2) is 56.1. The van der Waals surface area contributed by atoms with Crippen LogP contribution in [0.4, 0.5) is 0 Å². The van der Waals surface area contributed by atoms with Crippen molar-refractivity contribution in [1.82, 2.24) is 10.6 Å². The average molecular weight is 1770 g/mol. The minimum Gasteiger partial charge on any atom is -0.394 e. The lowest BCUT2D eigenvalue weighted by Gasteiger charge is -2.50. The first-order valence-corrected chi connectivity index (χ1v) is 44.5. The highest BCUT2D eigenvalue weighted by Crippen LogP contribution is 2.39. The number of carbonyl (C=O) groups is 2. The average Bonchev–Trinajstić information content (AvgIpc) is 0.774. The van der Waals surface area contributed by atoms with E-state index in [0.29, 0.717) is 12.8 Å². The van der Waals surface area contributed by atoms with Gasteiger partial charge < -0.3 is 189 Å². The molecule has 40 nitrogen and oxygen atoms in total. The van der Waals surface area contributed by atoms with Gasteiger partial charge in [-0.05, 0) is 19.3 Å². The number of aliphatic hydroxyl groups excluding tert-OH is 22. The van der Waals surface area contributed by atoms with Crippen molar-refractivity contribution in [1.29, 1.82) is 0 Å². The van der Waals surface area contributed by atoms with Gasteiger partial charge in [0.15, 0.2) is 44.0 Å². The quantitative estimate of drug-likeness (QED) is 0.0204. The number of ether oxygens (including phenoxy) is 14. The standard InChI is InChI=1S/C82H148N2O38/c1-4-6-8-10-12-14-16-18-19-20-21-23-25-27-29-31-33-35-54(94)84-45(46(93)34-32-30-28-26-24-22-17-15-13-11-9-7-5-2)43-109-77-64(103)62(101)70(52(41-90)115-77)117-78-65(104)63(102)71(53(42-91)116-78)118-79-67(106)73(58(97)49(38-87)111-79)120-81-69(108)75(60(99)51(40-89)113-81)122-82-68(107)74(59(98)50(39-88)114-82)121-80-66(105)72(57(96)48(37-86)112-80)119-76-55(83-44(3)92)61(100)56(95)47(36-85)110-76/h32,34,45-53,55-82,85-91,93,95-108H,4-31,33,35-43H2,1-3H3,(H,83,92)(H,84,94)/b34-32+/t45-,46+,47?,48?,49?,50?,51?,52?,53?,55?,56-,57-,58-,59-,60-,61+,62+,63+,64?,65?,66?,67?,68?,69?,70+,71-,72-,73-,74-,75-,76-,77+,78-,79-,80+,81+,82+/m0/s1. The zero-order valence-electron chi connectivity index (χ0n) is 70.8. The third-order valence-corrected chi connectivity index (χ3v) is 23.9. The predicted octanol–water partition coefficient (Wildman–Crippen LogP) is -3.96. The summed E-state index contributed by atoms with van der Waals surface area (Å²) in [5, 5.41) is 251. The Hall–Kier alpha value is -2.76.